The molecule has 16 heavy (non-hydrogen) atoms. The van der Waals surface area contributed by atoms with Crippen LogP contribution in [0.1, 0.15) is 11.1 Å². The van der Waals surface area contributed by atoms with Crippen molar-refractivity contribution in [1.82, 2.24) is 0 Å². The van der Waals surface area contributed by atoms with Gasteiger partial charge in [0.25, 0.3) is 0 Å². The largest absolute Gasteiger partial charge is 0.0586 e. The molecule has 2 aromatic rings. The molecule has 2 rings (SSSR count). The number of halogens is 2. The fourth-order valence-corrected chi connectivity index (χ4v) is 3.11. The Bertz CT molecular complexity index is 530. The second-order valence-corrected chi connectivity index (χ2v) is 6.27. The average Bonchev–Trinajstić information content (AvgIpc) is 2.22. The van der Waals surface area contributed by atoms with Crippen LogP contribution in [0, 0.1) is 21.0 Å². The lowest BCUT2D eigenvalue weighted by molar-refractivity contribution is 1.41. The molecule has 0 saturated heterocycles. The van der Waals surface area contributed by atoms with Crippen molar-refractivity contribution >= 4 is 45.2 Å². The number of hydrogen-bond acceptors (Lipinski definition) is 0. The van der Waals surface area contributed by atoms with Crippen molar-refractivity contribution < 1.29 is 0 Å². The Morgan fingerprint density at radius 3 is 2.19 bits per heavy atom. The molecule has 0 aliphatic rings. The van der Waals surface area contributed by atoms with Crippen LogP contribution in [0.25, 0.3) is 11.1 Å². The smallest absolute Gasteiger partial charge is 0.0211 e. The second-order valence-electron chi connectivity index (χ2n) is 3.95. The molecule has 0 bridgehead atoms. The highest BCUT2D eigenvalue weighted by Crippen LogP contribution is 2.28. The van der Waals surface area contributed by atoms with Gasteiger partial charge in [-0.25, -0.2) is 0 Å². The number of benzene rings is 2. The van der Waals surface area contributed by atoms with Crippen molar-refractivity contribution in [3.63, 3.8) is 0 Å². The molecule has 0 radical (unpaired) electrons. The van der Waals surface area contributed by atoms with Gasteiger partial charge >= 0.3 is 0 Å². The van der Waals surface area contributed by atoms with Gasteiger partial charge in [-0.15, -0.1) is 0 Å². The van der Waals surface area contributed by atoms with E-state index in [0.717, 1.165) is 0 Å². The molecule has 0 aliphatic carbocycles. The zero-order chi connectivity index (χ0) is 11.7. The summed E-state index contributed by atoms with van der Waals surface area (Å²) < 4.78 is 2.64. The van der Waals surface area contributed by atoms with Crippen LogP contribution in [0.5, 0.6) is 0 Å². The zero-order valence-electron chi connectivity index (χ0n) is 9.22. The Morgan fingerprint density at radius 2 is 1.56 bits per heavy atom. The molecule has 0 unspecified atom stereocenters. The lowest BCUT2D eigenvalue weighted by atomic mass is 10.0. The van der Waals surface area contributed by atoms with E-state index >= 15 is 0 Å². The molecule has 0 spiro atoms. The summed E-state index contributed by atoms with van der Waals surface area (Å²) in [6.07, 6.45) is 0. The van der Waals surface area contributed by atoms with Gasteiger partial charge in [0, 0.05) is 7.14 Å². The maximum atomic E-state index is 2.41. The van der Waals surface area contributed by atoms with Crippen LogP contribution < -0.4 is 0 Å². The van der Waals surface area contributed by atoms with Crippen LogP contribution in [0.3, 0.4) is 0 Å². The van der Waals surface area contributed by atoms with Gasteiger partial charge in [0.2, 0.25) is 0 Å². The first kappa shape index (κ1) is 12.4. The quantitative estimate of drug-likeness (QED) is 0.543. The summed E-state index contributed by atoms with van der Waals surface area (Å²) in [7, 11) is 0. The van der Waals surface area contributed by atoms with Crippen molar-refractivity contribution in [1.29, 1.82) is 0 Å². The Morgan fingerprint density at radius 1 is 0.812 bits per heavy atom. The van der Waals surface area contributed by atoms with Crippen LogP contribution in [0.4, 0.5) is 0 Å². The predicted molar refractivity (Wildman–Crippen MR) is 86.8 cm³/mol. The van der Waals surface area contributed by atoms with Crippen molar-refractivity contribution in [2.45, 2.75) is 13.8 Å². The molecule has 0 aromatic heterocycles. The molecule has 0 saturated carbocycles. The number of hydrogen-bond donors (Lipinski definition) is 0. The van der Waals surface area contributed by atoms with E-state index in [1.54, 1.807) is 0 Å². The summed E-state index contributed by atoms with van der Waals surface area (Å²) in [5.74, 6) is 0. The molecule has 82 valence electrons. The van der Waals surface area contributed by atoms with E-state index in [2.05, 4.69) is 95.4 Å². The Balaban J connectivity index is 2.54. The zero-order valence-corrected chi connectivity index (χ0v) is 13.5. The average molecular weight is 434 g/mol. The topological polar surface area (TPSA) is 0 Å². The van der Waals surface area contributed by atoms with Crippen LogP contribution in [0.2, 0.25) is 0 Å². The van der Waals surface area contributed by atoms with Gasteiger partial charge in [-0.05, 0) is 87.9 Å². The lowest BCUT2D eigenvalue weighted by Crippen LogP contribution is -1.87. The molecular weight excluding hydrogens is 422 g/mol. The molecule has 0 amide bonds. The lowest BCUT2D eigenvalue weighted by Gasteiger charge is -2.07. The standard InChI is InChI=1S/C14H12I2/c1-9-3-6-12(14(16)7-9)11-5-4-10(2)13(15)8-11/h3-8H,1-2H3. The SMILES string of the molecule is Cc1ccc(-c2ccc(C)c(I)c2)c(I)c1. The van der Waals surface area contributed by atoms with Crippen LogP contribution in [-0.2, 0) is 0 Å². The Labute approximate surface area is 124 Å². The summed E-state index contributed by atoms with van der Waals surface area (Å²) in [4.78, 5) is 0. The molecule has 0 fully saturated rings. The van der Waals surface area contributed by atoms with Gasteiger partial charge in [0.1, 0.15) is 0 Å². The van der Waals surface area contributed by atoms with Gasteiger partial charge in [0.05, 0.1) is 0 Å². The fourth-order valence-electron chi connectivity index (χ4n) is 1.61. The molecular formula is C14H12I2. The fraction of sp³-hybridized carbons (Fsp3) is 0.143. The maximum Gasteiger partial charge on any atom is 0.0211 e. The summed E-state index contributed by atoms with van der Waals surface area (Å²) in [5.41, 5.74) is 5.28. The molecule has 0 aliphatic heterocycles. The molecule has 2 aromatic carbocycles. The normalized spacial score (nSPS) is 10.5. The van der Waals surface area contributed by atoms with E-state index in [1.807, 2.05) is 0 Å². The van der Waals surface area contributed by atoms with E-state index in [4.69, 9.17) is 0 Å². The van der Waals surface area contributed by atoms with Gasteiger partial charge < -0.3 is 0 Å². The van der Waals surface area contributed by atoms with E-state index in [9.17, 15) is 0 Å². The van der Waals surface area contributed by atoms with E-state index in [-0.39, 0.29) is 0 Å². The molecule has 0 atom stereocenters. The molecule has 0 heterocycles. The third-order valence-corrected chi connectivity index (χ3v) is 4.66. The first-order valence-electron chi connectivity index (χ1n) is 5.10. The van der Waals surface area contributed by atoms with Crippen molar-refractivity contribution in [2.75, 3.05) is 0 Å². The highest BCUT2D eigenvalue weighted by molar-refractivity contribution is 14.1. The summed E-state index contributed by atoms with van der Waals surface area (Å²) in [6.45, 7) is 4.27. The van der Waals surface area contributed by atoms with Gasteiger partial charge in [-0.1, -0.05) is 29.8 Å². The minimum absolute atomic E-state index is 1.31. The highest BCUT2D eigenvalue weighted by Gasteiger charge is 2.04. The minimum atomic E-state index is 1.31. The van der Waals surface area contributed by atoms with Crippen LogP contribution >= 0.6 is 45.2 Å². The molecule has 2 heteroatoms. The third kappa shape index (κ3) is 2.59. The monoisotopic (exact) mass is 434 g/mol. The first-order valence-corrected chi connectivity index (χ1v) is 7.26. The van der Waals surface area contributed by atoms with Crippen molar-refractivity contribution in [3.05, 3.63) is 54.7 Å². The maximum absolute atomic E-state index is 2.41. The third-order valence-electron chi connectivity index (χ3n) is 2.61. The van der Waals surface area contributed by atoms with E-state index in [1.165, 1.54) is 29.4 Å². The summed E-state index contributed by atoms with van der Waals surface area (Å²) in [5, 5.41) is 0. The Kier molecular flexibility index (Phi) is 3.89. The van der Waals surface area contributed by atoms with Crippen LogP contribution in [-0.4, -0.2) is 0 Å². The molecule has 0 nitrogen and oxygen atoms in total. The van der Waals surface area contributed by atoms with Crippen molar-refractivity contribution in [3.8, 4) is 11.1 Å². The van der Waals surface area contributed by atoms with Gasteiger partial charge in [0.15, 0.2) is 0 Å². The summed E-state index contributed by atoms with van der Waals surface area (Å²) >= 11 is 4.80. The van der Waals surface area contributed by atoms with Gasteiger partial charge in [-0.3, -0.25) is 0 Å². The first-order chi connectivity index (χ1) is 7.58. The highest BCUT2D eigenvalue weighted by atomic mass is 127. The summed E-state index contributed by atoms with van der Waals surface area (Å²) in [6, 6.07) is 13.2. The van der Waals surface area contributed by atoms with E-state index < -0.39 is 0 Å². The minimum Gasteiger partial charge on any atom is -0.0586 e. The second kappa shape index (κ2) is 5.04. The van der Waals surface area contributed by atoms with E-state index in [0.29, 0.717) is 0 Å². The number of aryl methyl sites for hydroxylation is 2. The van der Waals surface area contributed by atoms with Crippen LogP contribution in [0.15, 0.2) is 36.4 Å². The van der Waals surface area contributed by atoms with Gasteiger partial charge in [-0.2, -0.15) is 0 Å². The predicted octanol–water partition coefficient (Wildman–Crippen LogP) is 5.18. The number of rotatable bonds is 1. The van der Waals surface area contributed by atoms with Crippen molar-refractivity contribution in [2.24, 2.45) is 0 Å². The molecule has 0 N–H and O–H groups in total. The Hall–Kier alpha value is -0.100.